The van der Waals surface area contributed by atoms with Crippen LogP contribution in [0.5, 0.6) is 0 Å². The molecule has 0 spiro atoms. The molecule has 2 aromatic carbocycles. The molecule has 2 aromatic rings. The number of benzene rings is 2. The van der Waals surface area contributed by atoms with E-state index in [1.807, 2.05) is 12.1 Å². The molecule has 0 heterocycles. The van der Waals surface area contributed by atoms with Gasteiger partial charge in [0.25, 0.3) is 0 Å². The molecule has 0 saturated heterocycles. The molecular weight excluding hydrogens is 268 g/mol. The van der Waals surface area contributed by atoms with Gasteiger partial charge in [-0.2, -0.15) is 0 Å². The summed E-state index contributed by atoms with van der Waals surface area (Å²) >= 11 is 0. The zero-order chi connectivity index (χ0) is 15.2. The van der Waals surface area contributed by atoms with Crippen LogP contribution in [0.15, 0.2) is 42.5 Å². The van der Waals surface area contributed by atoms with E-state index < -0.39 is 11.6 Å². The van der Waals surface area contributed by atoms with E-state index in [0.717, 1.165) is 30.9 Å². The molecular formula is C18H21F2N. The number of hydrogen-bond acceptors (Lipinski definition) is 1. The first-order chi connectivity index (χ1) is 10.2. The van der Waals surface area contributed by atoms with E-state index in [1.54, 1.807) is 13.1 Å². The van der Waals surface area contributed by atoms with Crippen molar-refractivity contribution in [1.29, 1.82) is 0 Å². The molecule has 3 heteroatoms. The van der Waals surface area contributed by atoms with Gasteiger partial charge in [0, 0.05) is 5.56 Å². The molecule has 1 nitrogen and oxygen atoms in total. The van der Waals surface area contributed by atoms with Gasteiger partial charge in [0.15, 0.2) is 11.6 Å². The molecule has 21 heavy (non-hydrogen) atoms. The Balaban J connectivity index is 2.27. The van der Waals surface area contributed by atoms with E-state index in [0.29, 0.717) is 5.56 Å². The fourth-order valence-corrected chi connectivity index (χ4v) is 2.50. The van der Waals surface area contributed by atoms with E-state index in [4.69, 9.17) is 0 Å². The van der Waals surface area contributed by atoms with Crippen LogP contribution >= 0.6 is 0 Å². The first-order valence-electron chi connectivity index (χ1n) is 7.37. The van der Waals surface area contributed by atoms with Gasteiger partial charge in [-0.3, -0.25) is 0 Å². The van der Waals surface area contributed by atoms with Crippen molar-refractivity contribution in [2.75, 3.05) is 7.05 Å². The third-order valence-corrected chi connectivity index (χ3v) is 3.71. The standard InChI is InChI=1S/C18H21F2N/c1-3-4-6-13-9-11-14(12-10-13)18(21-2)15-7-5-8-16(19)17(15)20/h5,7-12,18,21H,3-4,6H2,1-2H3. The number of unbranched alkanes of at least 4 members (excludes halogenated alkanes) is 1. The Morgan fingerprint density at radius 1 is 1.05 bits per heavy atom. The number of hydrogen-bond donors (Lipinski definition) is 1. The fraction of sp³-hybridized carbons (Fsp3) is 0.333. The minimum Gasteiger partial charge on any atom is -0.309 e. The number of rotatable bonds is 6. The second-order valence-corrected chi connectivity index (χ2v) is 5.21. The lowest BCUT2D eigenvalue weighted by molar-refractivity contribution is 0.487. The molecule has 112 valence electrons. The van der Waals surface area contributed by atoms with E-state index >= 15 is 0 Å². The monoisotopic (exact) mass is 289 g/mol. The van der Waals surface area contributed by atoms with E-state index in [1.165, 1.54) is 11.6 Å². The van der Waals surface area contributed by atoms with Crippen molar-refractivity contribution in [2.24, 2.45) is 0 Å². The van der Waals surface area contributed by atoms with Gasteiger partial charge in [-0.25, -0.2) is 8.78 Å². The highest BCUT2D eigenvalue weighted by molar-refractivity contribution is 5.34. The SMILES string of the molecule is CCCCc1ccc(C(NC)c2cccc(F)c2F)cc1. The predicted octanol–water partition coefficient (Wildman–Crippen LogP) is 4.62. The summed E-state index contributed by atoms with van der Waals surface area (Å²) in [6, 6.07) is 12.0. The molecule has 0 radical (unpaired) electrons. The van der Waals surface area contributed by atoms with Crippen molar-refractivity contribution >= 4 is 0 Å². The number of aryl methyl sites for hydroxylation is 1. The Hall–Kier alpha value is -1.74. The van der Waals surface area contributed by atoms with Crippen LogP contribution < -0.4 is 5.32 Å². The lowest BCUT2D eigenvalue weighted by Crippen LogP contribution is -2.19. The minimum atomic E-state index is -0.813. The zero-order valence-electron chi connectivity index (χ0n) is 12.5. The van der Waals surface area contributed by atoms with Gasteiger partial charge in [0.1, 0.15) is 0 Å². The van der Waals surface area contributed by atoms with Crippen molar-refractivity contribution in [1.82, 2.24) is 5.32 Å². The Kier molecular flexibility index (Phi) is 5.45. The second-order valence-electron chi connectivity index (χ2n) is 5.21. The first kappa shape index (κ1) is 15.6. The Morgan fingerprint density at radius 3 is 2.38 bits per heavy atom. The van der Waals surface area contributed by atoms with Crippen molar-refractivity contribution in [3.05, 3.63) is 70.8 Å². The Bertz CT molecular complexity index is 578. The third kappa shape index (κ3) is 3.67. The molecule has 1 N–H and O–H groups in total. The average Bonchev–Trinajstić information content (AvgIpc) is 2.51. The summed E-state index contributed by atoms with van der Waals surface area (Å²) in [6.45, 7) is 2.16. The zero-order valence-corrected chi connectivity index (χ0v) is 12.5. The van der Waals surface area contributed by atoms with Crippen LogP contribution in [0.4, 0.5) is 8.78 Å². The summed E-state index contributed by atoms with van der Waals surface area (Å²) in [5.74, 6) is -1.60. The highest BCUT2D eigenvalue weighted by Gasteiger charge is 2.18. The van der Waals surface area contributed by atoms with Crippen molar-refractivity contribution in [2.45, 2.75) is 32.2 Å². The summed E-state index contributed by atoms with van der Waals surface area (Å²) < 4.78 is 27.3. The first-order valence-corrected chi connectivity index (χ1v) is 7.37. The molecule has 0 amide bonds. The van der Waals surface area contributed by atoms with Gasteiger partial charge in [0.05, 0.1) is 6.04 Å². The molecule has 0 fully saturated rings. The van der Waals surface area contributed by atoms with Gasteiger partial charge in [0.2, 0.25) is 0 Å². The Morgan fingerprint density at radius 2 is 1.76 bits per heavy atom. The summed E-state index contributed by atoms with van der Waals surface area (Å²) in [5, 5.41) is 3.06. The van der Waals surface area contributed by atoms with Crippen LogP contribution in [0.3, 0.4) is 0 Å². The van der Waals surface area contributed by atoms with Crippen LogP contribution in [-0.2, 0) is 6.42 Å². The van der Waals surface area contributed by atoms with Crippen LogP contribution in [0.2, 0.25) is 0 Å². The minimum absolute atomic E-state index is 0.332. The highest BCUT2D eigenvalue weighted by Crippen LogP contribution is 2.26. The lowest BCUT2D eigenvalue weighted by atomic mass is 9.96. The van der Waals surface area contributed by atoms with E-state index in [-0.39, 0.29) is 6.04 Å². The number of nitrogens with one attached hydrogen (secondary N) is 1. The third-order valence-electron chi connectivity index (χ3n) is 3.71. The molecule has 0 bridgehead atoms. The number of halogens is 2. The van der Waals surface area contributed by atoms with Crippen LogP contribution in [0.25, 0.3) is 0 Å². The van der Waals surface area contributed by atoms with Crippen LogP contribution in [0, 0.1) is 11.6 Å². The molecule has 0 aliphatic rings. The summed E-state index contributed by atoms with van der Waals surface area (Å²) in [6.07, 6.45) is 3.37. The molecule has 0 aromatic heterocycles. The quantitative estimate of drug-likeness (QED) is 0.818. The molecule has 0 aliphatic carbocycles. The smallest absolute Gasteiger partial charge is 0.163 e. The van der Waals surface area contributed by atoms with Gasteiger partial charge >= 0.3 is 0 Å². The van der Waals surface area contributed by atoms with Gasteiger partial charge in [-0.15, -0.1) is 0 Å². The summed E-state index contributed by atoms with van der Waals surface area (Å²) in [7, 11) is 1.75. The summed E-state index contributed by atoms with van der Waals surface area (Å²) in [4.78, 5) is 0. The van der Waals surface area contributed by atoms with Gasteiger partial charge in [-0.05, 0) is 37.1 Å². The maximum Gasteiger partial charge on any atom is 0.163 e. The van der Waals surface area contributed by atoms with E-state index in [9.17, 15) is 8.78 Å². The van der Waals surface area contributed by atoms with E-state index in [2.05, 4.69) is 24.4 Å². The van der Waals surface area contributed by atoms with Crippen molar-refractivity contribution in [3.63, 3.8) is 0 Å². The Labute approximate surface area is 125 Å². The second kappa shape index (κ2) is 7.32. The summed E-state index contributed by atoms with van der Waals surface area (Å²) in [5.41, 5.74) is 2.54. The molecule has 1 unspecified atom stereocenters. The van der Waals surface area contributed by atoms with Crippen LogP contribution in [-0.4, -0.2) is 7.05 Å². The van der Waals surface area contributed by atoms with Crippen molar-refractivity contribution < 1.29 is 8.78 Å². The molecule has 0 aliphatic heterocycles. The lowest BCUT2D eigenvalue weighted by Gasteiger charge is -2.18. The van der Waals surface area contributed by atoms with Crippen LogP contribution in [0.1, 0.15) is 42.5 Å². The highest BCUT2D eigenvalue weighted by atomic mass is 19.2. The predicted molar refractivity (Wildman–Crippen MR) is 82.3 cm³/mol. The topological polar surface area (TPSA) is 12.0 Å². The maximum atomic E-state index is 14.0. The normalized spacial score (nSPS) is 12.4. The van der Waals surface area contributed by atoms with Gasteiger partial charge in [-0.1, -0.05) is 49.7 Å². The maximum absolute atomic E-state index is 14.0. The van der Waals surface area contributed by atoms with Gasteiger partial charge < -0.3 is 5.32 Å². The fourth-order valence-electron chi connectivity index (χ4n) is 2.50. The average molecular weight is 289 g/mol. The van der Waals surface area contributed by atoms with Crippen molar-refractivity contribution in [3.8, 4) is 0 Å². The largest absolute Gasteiger partial charge is 0.309 e. The molecule has 2 rings (SSSR count). The molecule has 0 saturated carbocycles. The molecule has 1 atom stereocenters.